The Kier molecular flexibility index (Phi) is 4.33. The van der Waals surface area contributed by atoms with Gasteiger partial charge < -0.3 is 5.32 Å². The predicted octanol–water partition coefficient (Wildman–Crippen LogP) is 5.31. The number of nitrogens with one attached hydrogen (secondary N) is 1. The summed E-state index contributed by atoms with van der Waals surface area (Å²) >= 11 is 5.65. The minimum atomic E-state index is 0.497. The minimum absolute atomic E-state index is 0.497. The van der Waals surface area contributed by atoms with Crippen LogP contribution in [0.3, 0.4) is 0 Å². The molecule has 0 fully saturated rings. The molecule has 1 unspecified atom stereocenters. The summed E-state index contributed by atoms with van der Waals surface area (Å²) in [4.78, 5) is 2.97. The maximum absolute atomic E-state index is 3.63. The fourth-order valence-electron chi connectivity index (χ4n) is 2.29. The lowest BCUT2D eigenvalue weighted by molar-refractivity contribution is 0.525. The lowest BCUT2D eigenvalue weighted by Crippen LogP contribution is -2.20. The van der Waals surface area contributed by atoms with Crippen molar-refractivity contribution < 1.29 is 0 Å². The van der Waals surface area contributed by atoms with Crippen molar-refractivity contribution in [1.29, 1.82) is 0 Å². The van der Waals surface area contributed by atoms with Crippen LogP contribution in [0.5, 0.6) is 0 Å². The van der Waals surface area contributed by atoms with Crippen LogP contribution in [0.2, 0.25) is 0 Å². The van der Waals surface area contributed by atoms with Gasteiger partial charge in [0.25, 0.3) is 0 Å². The number of hydrogen-bond acceptors (Lipinski definition) is 4. The van der Waals surface area contributed by atoms with Crippen molar-refractivity contribution in [3.05, 3.63) is 44.8 Å². The van der Waals surface area contributed by atoms with Gasteiger partial charge in [-0.15, -0.1) is 34.0 Å². The average molecular weight is 308 g/mol. The Morgan fingerprint density at radius 2 is 2.11 bits per heavy atom. The molecule has 0 aromatic carbocycles. The van der Waals surface area contributed by atoms with Gasteiger partial charge in [0.2, 0.25) is 0 Å². The smallest absolute Gasteiger partial charge is 0.0454 e. The van der Waals surface area contributed by atoms with Gasteiger partial charge in [0.15, 0.2) is 0 Å². The molecule has 0 radical (unpaired) electrons. The first-order valence-electron chi connectivity index (χ1n) is 6.59. The molecule has 0 saturated carbocycles. The molecule has 0 aliphatic rings. The zero-order valence-electron chi connectivity index (χ0n) is 10.9. The van der Waals surface area contributed by atoms with E-state index in [9.17, 15) is 0 Å². The highest BCUT2D eigenvalue weighted by atomic mass is 32.1. The summed E-state index contributed by atoms with van der Waals surface area (Å²) < 4.78 is 2.86. The number of rotatable bonds is 6. The van der Waals surface area contributed by atoms with E-state index < -0.39 is 0 Å². The minimum Gasteiger partial charge on any atom is -0.310 e. The van der Waals surface area contributed by atoms with Crippen LogP contribution in [0.25, 0.3) is 9.40 Å². The first-order chi connectivity index (χ1) is 9.36. The van der Waals surface area contributed by atoms with Crippen molar-refractivity contribution in [2.45, 2.75) is 25.8 Å². The summed E-state index contributed by atoms with van der Waals surface area (Å²) in [6.07, 6.45) is 2.35. The van der Waals surface area contributed by atoms with Gasteiger partial charge in [-0.3, -0.25) is 0 Å². The van der Waals surface area contributed by atoms with Crippen molar-refractivity contribution >= 4 is 43.4 Å². The standard InChI is InChI=1S/C15H17NS3/c1-2-16-12(6-5-11-4-3-8-17-11)14-10-15-13(19-14)7-9-18-15/h3-4,7-10,12,16H,2,5-6H2,1H3. The first kappa shape index (κ1) is 13.3. The Morgan fingerprint density at radius 1 is 1.16 bits per heavy atom. The Labute approximate surface area is 125 Å². The molecule has 0 spiro atoms. The lowest BCUT2D eigenvalue weighted by Gasteiger charge is -2.15. The molecule has 3 aromatic rings. The molecule has 3 aromatic heterocycles. The SMILES string of the molecule is CCNC(CCc1cccs1)c1cc2sccc2s1. The monoisotopic (exact) mass is 307 g/mol. The second kappa shape index (κ2) is 6.18. The molecule has 1 atom stereocenters. The van der Waals surface area contributed by atoms with Crippen LogP contribution in [0.4, 0.5) is 0 Å². The molecule has 0 aliphatic heterocycles. The van der Waals surface area contributed by atoms with E-state index in [-0.39, 0.29) is 0 Å². The second-order valence-corrected chi connectivity index (χ2v) is 7.62. The normalized spacial score (nSPS) is 13.1. The summed E-state index contributed by atoms with van der Waals surface area (Å²) in [6, 6.07) is 9.48. The van der Waals surface area contributed by atoms with Crippen LogP contribution in [0.15, 0.2) is 35.0 Å². The molecular formula is C15H17NS3. The predicted molar refractivity (Wildman–Crippen MR) is 88.8 cm³/mol. The Bertz CT molecular complexity index is 592. The number of fused-ring (bicyclic) bond motifs is 1. The number of aryl methyl sites for hydroxylation is 1. The van der Waals surface area contributed by atoms with Gasteiger partial charge in [0.1, 0.15) is 0 Å². The van der Waals surface area contributed by atoms with Gasteiger partial charge in [-0.1, -0.05) is 13.0 Å². The Balaban J connectivity index is 1.74. The summed E-state index contributed by atoms with van der Waals surface area (Å²) in [5.74, 6) is 0. The van der Waals surface area contributed by atoms with Crippen molar-refractivity contribution in [3.63, 3.8) is 0 Å². The maximum Gasteiger partial charge on any atom is 0.0454 e. The van der Waals surface area contributed by atoms with Crippen molar-refractivity contribution in [3.8, 4) is 0 Å². The molecule has 100 valence electrons. The van der Waals surface area contributed by atoms with Gasteiger partial charge in [-0.05, 0) is 48.3 Å². The largest absolute Gasteiger partial charge is 0.310 e. The Morgan fingerprint density at radius 3 is 2.84 bits per heavy atom. The van der Waals surface area contributed by atoms with E-state index in [0.29, 0.717) is 6.04 Å². The van der Waals surface area contributed by atoms with E-state index in [0.717, 1.165) is 6.54 Å². The summed E-state index contributed by atoms with van der Waals surface area (Å²) in [5.41, 5.74) is 0. The van der Waals surface area contributed by atoms with Gasteiger partial charge in [-0.25, -0.2) is 0 Å². The third-order valence-electron chi connectivity index (χ3n) is 3.21. The second-order valence-electron chi connectivity index (χ2n) is 4.53. The molecule has 0 aliphatic carbocycles. The van der Waals surface area contributed by atoms with E-state index in [2.05, 4.69) is 47.3 Å². The third kappa shape index (κ3) is 3.08. The van der Waals surface area contributed by atoms with Crippen LogP contribution < -0.4 is 5.32 Å². The topological polar surface area (TPSA) is 12.0 Å². The summed E-state index contributed by atoms with van der Waals surface area (Å²) in [7, 11) is 0. The quantitative estimate of drug-likeness (QED) is 0.651. The Hall–Kier alpha value is -0.680. The molecule has 0 amide bonds. The highest BCUT2D eigenvalue weighted by Crippen LogP contribution is 2.35. The molecule has 1 nitrogen and oxygen atoms in total. The molecular weight excluding hydrogens is 290 g/mol. The molecule has 19 heavy (non-hydrogen) atoms. The highest BCUT2D eigenvalue weighted by molar-refractivity contribution is 7.26. The fourth-order valence-corrected chi connectivity index (χ4v) is 5.24. The zero-order chi connectivity index (χ0) is 13.1. The van der Waals surface area contributed by atoms with Crippen LogP contribution in [0, 0.1) is 0 Å². The summed E-state index contributed by atoms with van der Waals surface area (Å²) in [5, 5.41) is 7.98. The van der Waals surface area contributed by atoms with Crippen LogP contribution in [-0.4, -0.2) is 6.54 Å². The summed E-state index contributed by atoms with van der Waals surface area (Å²) in [6.45, 7) is 3.22. The molecule has 0 saturated heterocycles. The van der Waals surface area contributed by atoms with Crippen LogP contribution >= 0.6 is 34.0 Å². The molecule has 3 heterocycles. The average Bonchev–Trinajstić information content (AvgIpc) is 3.09. The first-order valence-corrected chi connectivity index (χ1v) is 9.17. The van der Waals surface area contributed by atoms with E-state index in [1.807, 2.05) is 34.0 Å². The molecule has 0 bridgehead atoms. The lowest BCUT2D eigenvalue weighted by atomic mass is 10.1. The fraction of sp³-hybridized carbons (Fsp3) is 0.333. The molecule has 4 heteroatoms. The maximum atomic E-state index is 3.63. The van der Waals surface area contributed by atoms with Crippen molar-refractivity contribution in [1.82, 2.24) is 5.32 Å². The molecule has 3 rings (SSSR count). The molecule has 1 N–H and O–H groups in total. The van der Waals surface area contributed by atoms with Crippen molar-refractivity contribution in [2.75, 3.05) is 6.54 Å². The highest BCUT2D eigenvalue weighted by Gasteiger charge is 2.14. The van der Waals surface area contributed by atoms with Crippen LogP contribution in [0.1, 0.15) is 29.1 Å². The van der Waals surface area contributed by atoms with Gasteiger partial charge in [-0.2, -0.15) is 0 Å². The van der Waals surface area contributed by atoms with Crippen LogP contribution in [-0.2, 0) is 6.42 Å². The van der Waals surface area contributed by atoms with E-state index >= 15 is 0 Å². The number of hydrogen-bond donors (Lipinski definition) is 1. The van der Waals surface area contributed by atoms with E-state index in [1.165, 1.54) is 32.0 Å². The third-order valence-corrected chi connectivity index (χ3v) is 6.36. The van der Waals surface area contributed by atoms with Gasteiger partial charge in [0.05, 0.1) is 0 Å². The van der Waals surface area contributed by atoms with Gasteiger partial charge in [0, 0.05) is 25.2 Å². The van der Waals surface area contributed by atoms with Crippen molar-refractivity contribution in [2.24, 2.45) is 0 Å². The number of thiophene rings is 3. The zero-order valence-corrected chi connectivity index (χ0v) is 13.3. The van der Waals surface area contributed by atoms with E-state index in [1.54, 1.807) is 0 Å². The van der Waals surface area contributed by atoms with Gasteiger partial charge >= 0.3 is 0 Å². The van der Waals surface area contributed by atoms with E-state index in [4.69, 9.17) is 0 Å².